The Kier molecular flexibility index (Phi) is 5.59. The van der Waals surface area contributed by atoms with Crippen LogP contribution in [0.2, 0.25) is 0 Å². The van der Waals surface area contributed by atoms with Crippen molar-refractivity contribution in [2.45, 2.75) is 51.0 Å². The normalized spacial score (nSPS) is 20.8. The number of amides is 1. The molecule has 1 aliphatic rings. The summed E-state index contributed by atoms with van der Waals surface area (Å²) >= 11 is 0. The van der Waals surface area contributed by atoms with Crippen LogP contribution in [0.25, 0.3) is 0 Å². The highest BCUT2D eigenvalue weighted by Crippen LogP contribution is 2.27. The molecule has 0 saturated heterocycles. The van der Waals surface area contributed by atoms with E-state index in [0.717, 1.165) is 25.7 Å². The van der Waals surface area contributed by atoms with Crippen molar-refractivity contribution in [2.75, 3.05) is 13.7 Å². The van der Waals surface area contributed by atoms with Crippen molar-refractivity contribution >= 4 is 11.9 Å². The van der Waals surface area contributed by atoms with Crippen LogP contribution in [0.4, 0.5) is 0 Å². The molecule has 1 atom stereocenters. The van der Waals surface area contributed by atoms with Crippen LogP contribution < -0.4 is 5.32 Å². The summed E-state index contributed by atoms with van der Waals surface area (Å²) in [6.45, 7) is 2.05. The van der Waals surface area contributed by atoms with Gasteiger partial charge in [-0.25, -0.2) is 4.79 Å². The second kappa shape index (κ2) is 6.73. The van der Waals surface area contributed by atoms with E-state index >= 15 is 0 Å². The maximum absolute atomic E-state index is 12.0. The third-order valence-electron chi connectivity index (χ3n) is 3.59. The number of hydrogen-bond donors (Lipinski definition) is 2. The number of nitrogens with one attached hydrogen (secondary N) is 1. The van der Waals surface area contributed by atoms with E-state index in [9.17, 15) is 14.7 Å². The molecule has 18 heavy (non-hydrogen) atoms. The summed E-state index contributed by atoms with van der Waals surface area (Å²) in [5.74, 6) is -1.47. The molecular weight excluding hydrogens is 234 g/mol. The summed E-state index contributed by atoms with van der Waals surface area (Å²) in [6, 6.07) is 0. The van der Waals surface area contributed by atoms with Crippen molar-refractivity contribution in [1.29, 1.82) is 0 Å². The number of rotatable bonds is 5. The summed E-state index contributed by atoms with van der Waals surface area (Å²) in [5, 5.41) is 12.2. The first-order valence-electron chi connectivity index (χ1n) is 6.56. The molecule has 104 valence electrons. The van der Waals surface area contributed by atoms with E-state index in [1.807, 2.05) is 0 Å². The Morgan fingerprint density at radius 1 is 1.28 bits per heavy atom. The van der Waals surface area contributed by atoms with Gasteiger partial charge in [-0.2, -0.15) is 0 Å². The fraction of sp³-hybridized carbons (Fsp3) is 0.846. The summed E-state index contributed by atoms with van der Waals surface area (Å²) in [5.41, 5.74) is -1.07. The van der Waals surface area contributed by atoms with Gasteiger partial charge in [0.25, 0.3) is 0 Å². The molecule has 1 amide bonds. The molecular formula is C13H23NO4. The molecule has 0 aromatic rings. The lowest BCUT2D eigenvalue weighted by atomic mass is 9.89. The first-order chi connectivity index (χ1) is 8.52. The van der Waals surface area contributed by atoms with Gasteiger partial charge in [0.05, 0.1) is 12.5 Å². The molecule has 0 spiro atoms. The van der Waals surface area contributed by atoms with Crippen LogP contribution in [-0.4, -0.2) is 36.2 Å². The number of carbonyl (C=O) groups is 2. The number of carboxylic acid groups (broad SMARTS) is 1. The molecule has 0 bridgehead atoms. The minimum Gasteiger partial charge on any atom is -0.480 e. The van der Waals surface area contributed by atoms with Gasteiger partial charge in [-0.3, -0.25) is 4.79 Å². The molecule has 0 heterocycles. The number of hydrogen-bond acceptors (Lipinski definition) is 3. The van der Waals surface area contributed by atoms with Gasteiger partial charge in [0, 0.05) is 7.11 Å². The molecule has 0 aromatic carbocycles. The second-order valence-electron chi connectivity index (χ2n) is 5.15. The van der Waals surface area contributed by atoms with Gasteiger partial charge in [0.2, 0.25) is 5.91 Å². The fourth-order valence-electron chi connectivity index (χ4n) is 2.41. The highest BCUT2D eigenvalue weighted by Gasteiger charge is 2.40. The van der Waals surface area contributed by atoms with Crippen molar-refractivity contribution in [3.63, 3.8) is 0 Å². The topological polar surface area (TPSA) is 75.6 Å². The quantitative estimate of drug-likeness (QED) is 0.733. The zero-order chi connectivity index (χ0) is 13.6. The van der Waals surface area contributed by atoms with Crippen molar-refractivity contribution in [2.24, 2.45) is 5.92 Å². The third-order valence-corrected chi connectivity index (χ3v) is 3.59. The molecule has 1 aliphatic carbocycles. The fourth-order valence-corrected chi connectivity index (χ4v) is 2.41. The highest BCUT2D eigenvalue weighted by atomic mass is 16.5. The van der Waals surface area contributed by atoms with Crippen molar-refractivity contribution in [3.05, 3.63) is 0 Å². The van der Waals surface area contributed by atoms with E-state index in [2.05, 4.69) is 5.32 Å². The lowest BCUT2D eigenvalue weighted by molar-refractivity contribution is -0.149. The number of methoxy groups -OCH3 is 1. The maximum atomic E-state index is 12.0. The van der Waals surface area contributed by atoms with Gasteiger partial charge in [0.1, 0.15) is 5.54 Å². The molecule has 2 N–H and O–H groups in total. The van der Waals surface area contributed by atoms with Crippen LogP contribution in [0.15, 0.2) is 0 Å². The molecule has 0 radical (unpaired) electrons. The smallest absolute Gasteiger partial charge is 0.329 e. The van der Waals surface area contributed by atoms with Crippen molar-refractivity contribution in [1.82, 2.24) is 5.32 Å². The molecule has 1 saturated carbocycles. The zero-order valence-corrected chi connectivity index (χ0v) is 11.2. The average Bonchev–Trinajstić information content (AvgIpc) is 2.56. The van der Waals surface area contributed by atoms with Crippen LogP contribution in [0.1, 0.15) is 45.4 Å². The van der Waals surface area contributed by atoms with Gasteiger partial charge in [-0.1, -0.05) is 32.6 Å². The number of carbonyl (C=O) groups excluding carboxylic acids is 1. The second-order valence-corrected chi connectivity index (χ2v) is 5.15. The number of aliphatic carboxylic acids is 1. The Bertz CT molecular complexity index is 295. The summed E-state index contributed by atoms with van der Waals surface area (Å²) < 4.78 is 4.92. The summed E-state index contributed by atoms with van der Waals surface area (Å²) in [4.78, 5) is 23.5. The zero-order valence-electron chi connectivity index (χ0n) is 11.2. The maximum Gasteiger partial charge on any atom is 0.329 e. The number of carboxylic acids is 1. The molecule has 0 aliphatic heterocycles. The van der Waals surface area contributed by atoms with E-state index in [0.29, 0.717) is 19.4 Å². The van der Waals surface area contributed by atoms with E-state index in [-0.39, 0.29) is 11.8 Å². The summed E-state index contributed by atoms with van der Waals surface area (Å²) in [6.07, 6.45) is 4.83. The molecule has 1 unspecified atom stereocenters. The highest BCUT2D eigenvalue weighted by molar-refractivity contribution is 5.88. The summed E-state index contributed by atoms with van der Waals surface area (Å²) in [7, 11) is 1.53. The lowest BCUT2D eigenvalue weighted by Crippen LogP contribution is -2.55. The third kappa shape index (κ3) is 3.70. The van der Waals surface area contributed by atoms with Crippen LogP contribution in [0.5, 0.6) is 0 Å². The van der Waals surface area contributed by atoms with Crippen molar-refractivity contribution < 1.29 is 19.4 Å². The standard InChI is InChI=1S/C13H23NO4/c1-10(9-18-2)11(15)14-13(12(16)17)7-5-3-4-6-8-13/h10H,3-9H2,1-2H3,(H,14,15)(H,16,17). The lowest BCUT2D eigenvalue weighted by Gasteiger charge is -2.30. The molecule has 1 rings (SSSR count). The van der Waals surface area contributed by atoms with Crippen LogP contribution in [0.3, 0.4) is 0 Å². The predicted molar refractivity (Wildman–Crippen MR) is 67.3 cm³/mol. The molecule has 5 heteroatoms. The first-order valence-corrected chi connectivity index (χ1v) is 6.56. The predicted octanol–water partition coefficient (Wildman–Crippen LogP) is 1.56. The van der Waals surface area contributed by atoms with Gasteiger partial charge in [-0.05, 0) is 12.8 Å². The Morgan fingerprint density at radius 3 is 2.28 bits per heavy atom. The van der Waals surface area contributed by atoms with Crippen LogP contribution >= 0.6 is 0 Å². The van der Waals surface area contributed by atoms with Gasteiger partial charge in [-0.15, -0.1) is 0 Å². The van der Waals surface area contributed by atoms with Gasteiger partial charge >= 0.3 is 5.97 Å². The monoisotopic (exact) mass is 257 g/mol. The average molecular weight is 257 g/mol. The number of ether oxygens (including phenoxy) is 1. The van der Waals surface area contributed by atoms with Crippen molar-refractivity contribution in [3.8, 4) is 0 Å². The minimum absolute atomic E-state index is 0.235. The van der Waals surface area contributed by atoms with E-state index in [4.69, 9.17) is 4.74 Å². The first kappa shape index (κ1) is 15.0. The molecule has 5 nitrogen and oxygen atoms in total. The minimum atomic E-state index is -1.07. The van der Waals surface area contributed by atoms with E-state index in [1.54, 1.807) is 6.92 Å². The van der Waals surface area contributed by atoms with Crippen LogP contribution in [0, 0.1) is 5.92 Å². The molecule has 1 fully saturated rings. The Balaban J connectivity index is 2.72. The Hall–Kier alpha value is -1.10. The Labute approximate surface area is 108 Å². The Morgan fingerprint density at radius 2 is 1.83 bits per heavy atom. The van der Waals surface area contributed by atoms with Gasteiger partial charge in [0.15, 0.2) is 0 Å². The van der Waals surface area contributed by atoms with E-state index < -0.39 is 11.5 Å². The van der Waals surface area contributed by atoms with Crippen LogP contribution in [-0.2, 0) is 14.3 Å². The SMILES string of the molecule is COCC(C)C(=O)NC1(C(=O)O)CCCCCC1. The largest absolute Gasteiger partial charge is 0.480 e. The molecule has 0 aromatic heterocycles. The van der Waals surface area contributed by atoms with Gasteiger partial charge < -0.3 is 15.2 Å². The van der Waals surface area contributed by atoms with E-state index in [1.165, 1.54) is 7.11 Å².